The molecule has 6 aromatic rings. The molecule has 2 heterocycles. The third-order valence-electron chi connectivity index (χ3n) is 14.5. The topological polar surface area (TPSA) is 314 Å². The fraction of sp³-hybridized carbons (Fsp3) is 0.444. The number of rotatable bonds is 26. The van der Waals surface area contributed by atoms with Gasteiger partial charge in [0.2, 0.25) is 10.9 Å². The van der Waals surface area contributed by atoms with Crippen molar-refractivity contribution in [3.63, 3.8) is 0 Å². The van der Waals surface area contributed by atoms with E-state index >= 15 is 0 Å². The number of benzene rings is 4. The summed E-state index contributed by atoms with van der Waals surface area (Å²) in [6, 6.07) is 9.77. The molecule has 0 saturated heterocycles. The van der Waals surface area contributed by atoms with Gasteiger partial charge in [-0.2, -0.15) is 9.59 Å². The second kappa shape index (κ2) is 37.2. The van der Waals surface area contributed by atoms with Crippen molar-refractivity contribution in [1.29, 1.82) is 0 Å². The summed E-state index contributed by atoms with van der Waals surface area (Å²) in [4.78, 5) is 107. The SMILES string of the molecule is C.CCCOCCC(=O)OC(C)(C)C.COCOc1cc2c(cc1OCOC)C(=O)C(c1coc3cc(C)c(C)c(C(=O)OCCOCCC(C)(C)C)c3c1=O)=CC2.COCOc1cc2c(cc1OCOC)C(=O)C(c1coc3cc(C)c(C)c(C(=O)[O-])c3c1=O)=CC2.O=C=O.[3H-]. The zero-order valence-electron chi connectivity index (χ0n) is 57.5. The van der Waals surface area contributed by atoms with E-state index in [1.54, 1.807) is 63.3 Å². The minimum Gasteiger partial charge on any atom is -1.00 e. The van der Waals surface area contributed by atoms with E-state index in [0.29, 0.717) is 95.3 Å². The highest BCUT2D eigenvalue weighted by Crippen LogP contribution is 2.39. The Morgan fingerprint density at radius 1 is 0.562 bits per heavy atom. The molecule has 0 aliphatic heterocycles. The van der Waals surface area contributed by atoms with Gasteiger partial charge in [-0.3, -0.25) is 24.0 Å². The Kier molecular flexibility index (Phi) is 30.8. The maximum atomic E-state index is 14.0. The van der Waals surface area contributed by atoms with Gasteiger partial charge in [-0.15, -0.1) is 0 Å². The van der Waals surface area contributed by atoms with Crippen LogP contribution in [0.25, 0.3) is 33.1 Å². The number of hydrogen-bond acceptors (Lipinski definition) is 24. The van der Waals surface area contributed by atoms with E-state index in [1.165, 1.54) is 47.0 Å². The molecule has 8 rings (SSSR count). The number of carboxylic acids is 1. The summed E-state index contributed by atoms with van der Waals surface area (Å²) in [6.45, 7) is 22.7. The van der Waals surface area contributed by atoms with E-state index in [1.807, 2.05) is 34.6 Å². The average molecular weight is 1340 g/mol. The van der Waals surface area contributed by atoms with Gasteiger partial charge in [0.15, 0.2) is 61.7 Å². The molecule has 0 N–H and O–H groups in total. The Morgan fingerprint density at radius 2 is 0.969 bits per heavy atom. The zero-order valence-corrected chi connectivity index (χ0v) is 56.5. The van der Waals surface area contributed by atoms with E-state index in [4.69, 9.17) is 75.3 Å². The molecule has 0 amide bonds. The largest absolute Gasteiger partial charge is 1.00 e. The van der Waals surface area contributed by atoms with Crippen LogP contribution < -0.4 is 34.9 Å². The fourth-order valence-corrected chi connectivity index (χ4v) is 9.72. The average Bonchev–Trinajstić information content (AvgIpc) is 0.757. The van der Waals surface area contributed by atoms with E-state index in [0.717, 1.165) is 18.4 Å². The minimum atomic E-state index is -1.49. The lowest BCUT2D eigenvalue weighted by atomic mass is 9.86. The van der Waals surface area contributed by atoms with Crippen LogP contribution in [0.5, 0.6) is 23.0 Å². The van der Waals surface area contributed by atoms with Gasteiger partial charge < -0.3 is 77.0 Å². The van der Waals surface area contributed by atoms with Crippen molar-refractivity contribution in [2.24, 2.45) is 5.41 Å². The molecule has 0 unspecified atom stereocenters. The highest BCUT2D eigenvalue weighted by atomic mass is 16.7. The Hall–Kier alpha value is -9.13. The number of carbonyl (C=O) groups excluding carboxylic acids is 7. The third kappa shape index (κ3) is 21.2. The predicted molar refractivity (Wildman–Crippen MR) is 353 cm³/mol. The number of Topliss-reactive ketones (excluding diaryl/α,β-unsaturated/α-hetero) is 2. The summed E-state index contributed by atoms with van der Waals surface area (Å²) in [5.74, 6) is -1.82. The summed E-state index contributed by atoms with van der Waals surface area (Å²) >= 11 is 0. The number of fused-ring (bicyclic) bond motifs is 4. The molecule has 0 radical (unpaired) electrons. The first-order valence-electron chi connectivity index (χ1n) is 30.3. The Bertz CT molecular complexity index is 3960. The van der Waals surface area contributed by atoms with Crippen molar-refractivity contribution in [2.45, 2.75) is 121 Å². The summed E-state index contributed by atoms with van der Waals surface area (Å²) in [7, 11) is 5.92. The van der Waals surface area contributed by atoms with Crippen LogP contribution in [-0.4, -0.2) is 130 Å². The monoisotopic (exact) mass is 1340 g/mol. The van der Waals surface area contributed by atoms with Crippen molar-refractivity contribution in [3.05, 3.63) is 148 Å². The Morgan fingerprint density at radius 3 is 1.36 bits per heavy atom. The molecular weight excluding hydrogens is 1250 g/mol. The molecule has 0 spiro atoms. The molecule has 24 nitrogen and oxygen atoms in total. The Balaban J connectivity index is 0.000000412. The standard InChI is InChI=1S/C34H40O10.C26H24O9.C10H20O3.CO2.CH4.H/c1-20-14-28-30(29(21(20)2)33(37)41-13-12-40-11-10-34(3,4)5)32(36)25(17-42-28)23-9-8-22-15-26(43-18-38-6)27(44-19-39-7)16-24(22)31(23)35;1-13-7-21-23(22(14(13)2)26(29)30)25(28)18(10-33-21)16-6-5-15-8-19(34-11-31-3)20(35-12-32-4)9-17(15)24(16)27;1-5-7-12-8-6-9(11)13-10(2,3)4;2-1-3;;/h9,14-17H,8,10-13,18-19H2,1-7H3;6-10H,5,11-12H2,1-4H3,(H,29,30);5-8H2,1-4H3;;1H4;/q;;;;;-1/p-1/i;;;;;1+2. The zero-order chi connectivity index (χ0) is 70.3. The quantitative estimate of drug-likeness (QED) is 0.0277. The van der Waals surface area contributed by atoms with Crippen LogP contribution >= 0.6 is 0 Å². The molecule has 4 aromatic carbocycles. The summed E-state index contributed by atoms with van der Waals surface area (Å²) < 4.78 is 75.2. The van der Waals surface area contributed by atoms with Gasteiger partial charge in [0.1, 0.15) is 35.9 Å². The van der Waals surface area contributed by atoms with Crippen molar-refractivity contribution < 1.29 is 106 Å². The second-order valence-corrected chi connectivity index (χ2v) is 23.9. The van der Waals surface area contributed by atoms with Crippen LogP contribution in [0.15, 0.2) is 79.5 Å². The highest BCUT2D eigenvalue weighted by molar-refractivity contribution is 6.31. The van der Waals surface area contributed by atoms with Crippen LogP contribution in [0.3, 0.4) is 0 Å². The normalized spacial score (nSPS) is 12.3. The number of carboxylic acid groups (broad SMARTS) is 1. The first-order valence-corrected chi connectivity index (χ1v) is 30.3. The summed E-state index contributed by atoms with van der Waals surface area (Å²) in [5.41, 5.74) is 3.59. The third-order valence-corrected chi connectivity index (χ3v) is 14.5. The number of carbonyl (C=O) groups is 5. The van der Waals surface area contributed by atoms with E-state index in [2.05, 4.69) is 20.8 Å². The summed E-state index contributed by atoms with van der Waals surface area (Å²) in [6.07, 6.45) is 8.85. The lowest BCUT2D eigenvalue weighted by molar-refractivity contribution is -0.254. The van der Waals surface area contributed by atoms with Crippen LogP contribution in [0.1, 0.15) is 163 Å². The smallest absolute Gasteiger partial charge is 0.373 e. The van der Waals surface area contributed by atoms with E-state index in [-0.39, 0.29) is 139 Å². The molecular formula is C72H88O24-2. The predicted octanol–water partition coefficient (Wildman–Crippen LogP) is 10.7. The lowest BCUT2D eigenvalue weighted by Crippen LogP contribution is -2.27. The lowest BCUT2D eigenvalue weighted by Gasteiger charge is -2.20. The van der Waals surface area contributed by atoms with Gasteiger partial charge in [-0.05, 0) is 149 Å². The van der Waals surface area contributed by atoms with Crippen molar-refractivity contribution in [1.82, 2.24) is 0 Å². The highest BCUT2D eigenvalue weighted by Gasteiger charge is 2.31. The van der Waals surface area contributed by atoms with Gasteiger partial charge in [0.25, 0.3) is 0 Å². The molecule has 2 aromatic heterocycles. The number of aryl methyl sites for hydroxylation is 2. The molecule has 0 saturated carbocycles. The van der Waals surface area contributed by atoms with Gasteiger partial charge >= 0.3 is 18.1 Å². The van der Waals surface area contributed by atoms with Gasteiger partial charge in [-0.25, -0.2) is 4.79 Å². The van der Waals surface area contributed by atoms with Crippen molar-refractivity contribution >= 4 is 68.7 Å². The number of methoxy groups -OCH3 is 4. The van der Waals surface area contributed by atoms with Gasteiger partial charge in [0.05, 0.1) is 53.1 Å². The second-order valence-electron chi connectivity index (χ2n) is 23.9. The molecule has 522 valence electrons. The van der Waals surface area contributed by atoms with Crippen LogP contribution in [0.4, 0.5) is 0 Å². The summed E-state index contributed by atoms with van der Waals surface area (Å²) in [5, 5.41) is 11.8. The molecule has 2 aliphatic rings. The number of allylic oxidation sites excluding steroid dienone is 4. The maximum absolute atomic E-state index is 14.0. The first-order chi connectivity index (χ1) is 45.1. The molecule has 24 heteroatoms. The molecule has 0 fully saturated rings. The minimum absolute atomic E-state index is 0. The molecule has 96 heavy (non-hydrogen) atoms. The van der Waals surface area contributed by atoms with Crippen molar-refractivity contribution in [2.75, 3.05) is 88.6 Å². The molecule has 0 atom stereocenters. The van der Waals surface area contributed by atoms with Gasteiger partial charge in [0, 0.05) is 69.5 Å². The molecule has 0 bridgehead atoms. The number of ketones is 2. The fourth-order valence-electron chi connectivity index (χ4n) is 9.72. The Labute approximate surface area is 559 Å². The van der Waals surface area contributed by atoms with E-state index < -0.39 is 28.6 Å². The maximum Gasteiger partial charge on any atom is 0.373 e. The number of ether oxygens (including phenoxy) is 12. The molecule has 2 aliphatic carbocycles. The van der Waals surface area contributed by atoms with Crippen LogP contribution in [-0.2, 0) is 65.1 Å². The number of hydrogen-bond donors (Lipinski definition) is 0. The van der Waals surface area contributed by atoms with Gasteiger partial charge in [-0.1, -0.05) is 47.3 Å². The first kappa shape index (κ1) is 79.3. The van der Waals surface area contributed by atoms with Crippen LogP contribution in [0.2, 0.25) is 0 Å². The van der Waals surface area contributed by atoms with Crippen molar-refractivity contribution in [3.8, 4) is 23.0 Å². The van der Waals surface area contributed by atoms with E-state index in [9.17, 15) is 38.7 Å². The number of aromatic carboxylic acids is 1. The van der Waals surface area contributed by atoms with Crippen LogP contribution in [0, 0.1) is 33.1 Å². The number of esters is 2.